The summed E-state index contributed by atoms with van der Waals surface area (Å²) >= 11 is 2.00. The van der Waals surface area contributed by atoms with Gasteiger partial charge in [0.15, 0.2) is 0 Å². The molecule has 1 aromatic rings. The number of thioether (sulfide) groups is 1. The number of rotatable bonds is 5. The van der Waals surface area contributed by atoms with Gasteiger partial charge in [-0.15, -0.1) is 0 Å². The molecule has 2 rings (SSSR count). The first kappa shape index (κ1) is 14.8. The van der Waals surface area contributed by atoms with Gasteiger partial charge in [0.05, 0.1) is 11.7 Å². The van der Waals surface area contributed by atoms with Gasteiger partial charge in [0.1, 0.15) is 5.82 Å². The Labute approximate surface area is 120 Å². The maximum Gasteiger partial charge on any atom is 0.146 e. The molecular weight excluding hydrogens is 256 g/mol. The molecule has 0 saturated carbocycles. The van der Waals surface area contributed by atoms with Crippen molar-refractivity contribution in [1.82, 2.24) is 20.2 Å². The Morgan fingerprint density at radius 2 is 2.32 bits per heavy atom. The third-order valence-electron chi connectivity index (χ3n) is 3.35. The zero-order valence-corrected chi connectivity index (χ0v) is 13.0. The zero-order chi connectivity index (χ0) is 13.7. The van der Waals surface area contributed by atoms with Gasteiger partial charge in [-0.2, -0.15) is 11.8 Å². The van der Waals surface area contributed by atoms with E-state index in [-0.39, 0.29) is 0 Å². The summed E-state index contributed by atoms with van der Waals surface area (Å²) in [5.41, 5.74) is 2.18. The van der Waals surface area contributed by atoms with E-state index in [1.165, 1.54) is 5.75 Å². The van der Waals surface area contributed by atoms with Crippen molar-refractivity contribution >= 4 is 11.8 Å². The van der Waals surface area contributed by atoms with Crippen LogP contribution in [0.1, 0.15) is 36.6 Å². The standard InChI is InChI=1S/C14H24N4S/c1-4-5-15-9-12-8-11(2)16-14(17-12)13-10-19-7-6-18(13)3/h8,13,15H,4-7,9-10H2,1-3H3. The van der Waals surface area contributed by atoms with Crippen LogP contribution in [0.5, 0.6) is 0 Å². The maximum absolute atomic E-state index is 4.75. The monoisotopic (exact) mass is 280 g/mol. The molecule has 0 aliphatic carbocycles. The summed E-state index contributed by atoms with van der Waals surface area (Å²) in [5, 5.41) is 3.41. The van der Waals surface area contributed by atoms with Crippen LogP contribution in [-0.4, -0.2) is 46.5 Å². The number of aryl methyl sites for hydroxylation is 1. The van der Waals surface area contributed by atoms with Gasteiger partial charge in [0.2, 0.25) is 0 Å². The fraction of sp³-hybridized carbons (Fsp3) is 0.714. The number of aromatic nitrogens is 2. The Balaban J connectivity index is 2.11. The van der Waals surface area contributed by atoms with E-state index < -0.39 is 0 Å². The fourth-order valence-corrected chi connectivity index (χ4v) is 3.46. The molecule has 106 valence electrons. The first-order valence-electron chi connectivity index (χ1n) is 7.04. The highest BCUT2D eigenvalue weighted by molar-refractivity contribution is 7.99. The summed E-state index contributed by atoms with van der Waals surface area (Å²) in [7, 11) is 2.17. The van der Waals surface area contributed by atoms with E-state index in [4.69, 9.17) is 4.98 Å². The number of hydrogen-bond acceptors (Lipinski definition) is 5. The number of nitrogens with zero attached hydrogens (tertiary/aromatic N) is 3. The molecule has 1 N–H and O–H groups in total. The minimum Gasteiger partial charge on any atom is -0.311 e. The third kappa shape index (κ3) is 4.16. The summed E-state index contributed by atoms with van der Waals surface area (Å²) in [4.78, 5) is 11.8. The Bertz CT molecular complexity index is 410. The Hall–Kier alpha value is -0.650. The van der Waals surface area contributed by atoms with Crippen LogP contribution in [0.25, 0.3) is 0 Å². The SMILES string of the molecule is CCCNCc1cc(C)nc(C2CSCCN2C)n1. The second-order valence-electron chi connectivity index (χ2n) is 5.11. The van der Waals surface area contributed by atoms with Crippen LogP contribution >= 0.6 is 11.8 Å². The molecule has 5 heteroatoms. The molecule has 0 bridgehead atoms. The van der Waals surface area contributed by atoms with Crippen molar-refractivity contribution in [2.45, 2.75) is 32.9 Å². The molecule has 1 aromatic heterocycles. The smallest absolute Gasteiger partial charge is 0.146 e. The lowest BCUT2D eigenvalue weighted by Gasteiger charge is -2.31. The van der Waals surface area contributed by atoms with Gasteiger partial charge in [-0.3, -0.25) is 4.90 Å². The van der Waals surface area contributed by atoms with Gasteiger partial charge in [-0.1, -0.05) is 6.92 Å². The summed E-state index contributed by atoms with van der Waals surface area (Å²) in [6.45, 7) is 7.24. The van der Waals surface area contributed by atoms with Crippen LogP contribution in [-0.2, 0) is 6.54 Å². The van der Waals surface area contributed by atoms with Crippen LogP contribution in [0.3, 0.4) is 0 Å². The maximum atomic E-state index is 4.75. The highest BCUT2D eigenvalue weighted by atomic mass is 32.2. The van der Waals surface area contributed by atoms with Crippen molar-refractivity contribution in [3.63, 3.8) is 0 Å². The first-order valence-corrected chi connectivity index (χ1v) is 8.19. The fourth-order valence-electron chi connectivity index (χ4n) is 2.25. The molecule has 19 heavy (non-hydrogen) atoms. The second-order valence-corrected chi connectivity index (χ2v) is 6.26. The molecule has 4 nitrogen and oxygen atoms in total. The summed E-state index contributed by atoms with van der Waals surface area (Å²) in [6, 6.07) is 2.45. The highest BCUT2D eigenvalue weighted by Crippen LogP contribution is 2.26. The molecule has 2 heterocycles. The molecule has 1 aliphatic rings. The minimum atomic E-state index is 0.364. The van der Waals surface area contributed by atoms with E-state index in [0.717, 1.165) is 49.0 Å². The van der Waals surface area contributed by atoms with E-state index in [1.807, 2.05) is 11.8 Å². The Morgan fingerprint density at radius 1 is 1.47 bits per heavy atom. The quantitative estimate of drug-likeness (QED) is 0.836. The molecule has 0 radical (unpaired) electrons. The number of hydrogen-bond donors (Lipinski definition) is 1. The average molecular weight is 280 g/mol. The van der Waals surface area contributed by atoms with Crippen LogP contribution in [0.4, 0.5) is 0 Å². The minimum absolute atomic E-state index is 0.364. The molecule has 0 aromatic carbocycles. The van der Waals surface area contributed by atoms with Gasteiger partial charge >= 0.3 is 0 Å². The predicted octanol–water partition coefficient (Wildman–Crippen LogP) is 2.00. The second kappa shape index (κ2) is 7.22. The van der Waals surface area contributed by atoms with Gasteiger partial charge < -0.3 is 5.32 Å². The summed E-state index contributed by atoms with van der Waals surface area (Å²) in [5.74, 6) is 3.30. The molecule has 1 unspecified atom stereocenters. The van der Waals surface area contributed by atoms with Crippen molar-refractivity contribution < 1.29 is 0 Å². The zero-order valence-electron chi connectivity index (χ0n) is 12.1. The Morgan fingerprint density at radius 3 is 3.05 bits per heavy atom. The van der Waals surface area contributed by atoms with E-state index >= 15 is 0 Å². The van der Waals surface area contributed by atoms with Crippen LogP contribution < -0.4 is 5.32 Å². The normalized spacial score (nSPS) is 20.7. The third-order valence-corrected chi connectivity index (χ3v) is 4.37. The molecule has 1 saturated heterocycles. The predicted molar refractivity (Wildman–Crippen MR) is 81.5 cm³/mol. The summed E-state index contributed by atoms with van der Waals surface area (Å²) in [6.07, 6.45) is 1.15. The van der Waals surface area contributed by atoms with Crippen molar-refractivity contribution in [1.29, 1.82) is 0 Å². The van der Waals surface area contributed by atoms with Crippen molar-refractivity contribution in [2.24, 2.45) is 0 Å². The van der Waals surface area contributed by atoms with Crippen LogP contribution in [0, 0.1) is 6.92 Å². The average Bonchev–Trinajstić information content (AvgIpc) is 2.39. The van der Waals surface area contributed by atoms with Crippen molar-refractivity contribution in [3.8, 4) is 0 Å². The van der Waals surface area contributed by atoms with Crippen molar-refractivity contribution in [3.05, 3.63) is 23.3 Å². The lowest BCUT2D eigenvalue weighted by Crippen LogP contribution is -2.34. The van der Waals surface area contributed by atoms with Crippen molar-refractivity contribution in [2.75, 3.05) is 31.6 Å². The van der Waals surface area contributed by atoms with Crippen LogP contribution in [0.15, 0.2) is 6.07 Å². The topological polar surface area (TPSA) is 41.1 Å². The van der Waals surface area contributed by atoms with Gasteiger partial charge in [-0.05, 0) is 33.0 Å². The van der Waals surface area contributed by atoms with Gasteiger partial charge in [-0.25, -0.2) is 9.97 Å². The molecule has 0 spiro atoms. The van der Waals surface area contributed by atoms with Gasteiger partial charge in [0, 0.05) is 30.3 Å². The van der Waals surface area contributed by atoms with E-state index in [9.17, 15) is 0 Å². The molecule has 1 atom stereocenters. The van der Waals surface area contributed by atoms with E-state index in [0.29, 0.717) is 6.04 Å². The summed E-state index contributed by atoms with van der Waals surface area (Å²) < 4.78 is 0. The molecule has 1 aliphatic heterocycles. The largest absolute Gasteiger partial charge is 0.311 e. The lowest BCUT2D eigenvalue weighted by molar-refractivity contribution is 0.263. The molecule has 1 fully saturated rings. The van der Waals surface area contributed by atoms with Crippen LogP contribution in [0.2, 0.25) is 0 Å². The van der Waals surface area contributed by atoms with Gasteiger partial charge in [0.25, 0.3) is 0 Å². The lowest BCUT2D eigenvalue weighted by atomic mass is 10.2. The first-order chi connectivity index (χ1) is 9.20. The molecule has 0 amide bonds. The highest BCUT2D eigenvalue weighted by Gasteiger charge is 2.23. The van der Waals surface area contributed by atoms with E-state index in [1.54, 1.807) is 0 Å². The van der Waals surface area contributed by atoms with E-state index in [2.05, 4.69) is 42.2 Å². The Kier molecular flexibility index (Phi) is 5.60. The number of nitrogens with one attached hydrogen (secondary N) is 1. The molecular formula is C14H24N4S.